The summed E-state index contributed by atoms with van der Waals surface area (Å²) in [4.78, 5) is 24.6. The molecule has 6 nitrogen and oxygen atoms in total. The largest absolute Gasteiger partial charge is 0.466 e. The molecule has 0 saturated carbocycles. The van der Waals surface area contributed by atoms with Crippen molar-refractivity contribution < 1.29 is 24.5 Å². The highest BCUT2D eigenvalue weighted by Gasteiger charge is 2.20. The van der Waals surface area contributed by atoms with Crippen LogP contribution in [0.2, 0.25) is 0 Å². The van der Waals surface area contributed by atoms with Crippen LogP contribution in [0.25, 0.3) is 0 Å². The number of carbonyl (C=O) groups is 2. The molecule has 0 rings (SSSR count). The van der Waals surface area contributed by atoms with E-state index < -0.39 is 12.1 Å². The van der Waals surface area contributed by atoms with E-state index in [2.05, 4.69) is 43.5 Å². The van der Waals surface area contributed by atoms with E-state index in [4.69, 9.17) is 4.74 Å². The number of amides is 1. The van der Waals surface area contributed by atoms with Crippen LogP contribution in [0.4, 0.5) is 0 Å². The van der Waals surface area contributed by atoms with Gasteiger partial charge in [-0.2, -0.15) is 0 Å². The molecular weight excluding hydrogens is 911 g/mol. The molecule has 0 aromatic heterocycles. The normalized spacial score (nSPS) is 12.6. The Bertz CT molecular complexity index is 1150. The third kappa shape index (κ3) is 59.6. The van der Waals surface area contributed by atoms with Crippen LogP contribution < -0.4 is 5.32 Å². The molecule has 0 aliphatic carbocycles. The lowest BCUT2D eigenvalue weighted by Crippen LogP contribution is -2.45. The van der Waals surface area contributed by atoms with Gasteiger partial charge in [-0.3, -0.25) is 9.59 Å². The zero-order valence-electron chi connectivity index (χ0n) is 50.1. The first-order chi connectivity index (χ1) is 36.5. The molecule has 3 N–H and O–H groups in total. The average molecular weight is 1040 g/mol. The number of aliphatic hydroxyl groups is 2. The molecule has 438 valence electrons. The minimum atomic E-state index is -0.662. The van der Waals surface area contributed by atoms with Crippen LogP contribution in [-0.4, -0.2) is 47.4 Å². The van der Waals surface area contributed by atoms with Crippen molar-refractivity contribution in [3.05, 3.63) is 24.3 Å². The Morgan fingerprint density at radius 2 is 0.676 bits per heavy atom. The van der Waals surface area contributed by atoms with Crippen LogP contribution >= 0.6 is 0 Å². The van der Waals surface area contributed by atoms with Crippen LogP contribution in [0.5, 0.6) is 0 Å². The molecule has 0 aliphatic heterocycles. The fourth-order valence-corrected chi connectivity index (χ4v) is 10.6. The summed E-state index contributed by atoms with van der Waals surface area (Å²) in [5.74, 6) is -0.0205. The minimum absolute atomic E-state index is 0.0101. The molecule has 0 bridgehead atoms. The summed E-state index contributed by atoms with van der Waals surface area (Å²) < 4.78 is 5.50. The van der Waals surface area contributed by atoms with E-state index in [1.807, 2.05) is 0 Å². The lowest BCUT2D eigenvalue weighted by molar-refractivity contribution is -0.143. The van der Waals surface area contributed by atoms with Crippen molar-refractivity contribution in [2.75, 3.05) is 13.2 Å². The highest BCUT2D eigenvalue weighted by molar-refractivity contribution is 5.76. The Kier molecular flexibility index (Phi) is 62.4. The molecule has 0 spiro atoms. The number of esters is 1. The van der Waals surface area contributed by atoms with Gasteiger partial charge < -0.3 is 20.3 Å². The third-order valence-electron chi connectivity index (χ3n) is 15.8. The minimum Gasteiger partial charge on any atom is -0.466 e. The van der Waals surface area contributed by atoms with Crippen LogP contribution in [-0.2, 0) is 14.3 Å². The number of hydrogen-bond donors (Lipinski definition) is 3. The van der Waals surface area contributed by atoms with E-state index in [-0.39, 0.29) is 18.5 Å². The van der Waals surface area contributed by atoms with Crippen molar-refractivity contribution in [3.8, 4) is 0 Å². The standard InChI is InChI=1S/C68H131NO5/c1-3-5-7-9-11-13-15-17-19-30-34-38-42-46-50-54-58-62-68(73)74-63-59-55-51-47-43-39-35-32-29-27-25-23-21-20-22-24-26-28-31-33-37-41-45-49-53-57-61-67(72)69-65(64-70)66(71)60-56-52-48-44-40-36-18-16-14-12-10-8-6-4-2/h11,13,17,19,65-66,70-71H,3-10,12,14-16,18,20-64H2,1-2H3,(H,69,72)/b13-11-,19-17-. The van der Waals surface area contributed by atoms with Crippen molar-refractivity contribution in [2.45, 2.75) is 386 Å². The number of hydrogen-bond acceptors (Lipinski definition) is 5. The van der Waals surface area contributed by atoms with Crippen LogP contribution in [0.1, 0.15) is 373 Å². The summed E-state index contributed by atoms with van der Waals surface area (Å²) in [6.07, 6.45) is 79.2. The molecule has 74 heavy (non-hydrogen) atoms. The summed E-state index contributed by atoms with van der Waals surface area (Å²) in [5.41, 5.74) is 0. The highest BCUT2D eigenvalue weighted by Crippen LogP contribution is 2.19. The molecule has 0 radical (unpaired) electrons. The molecule has 0 heterocycles. The zero-order chi connectivity index (χ0) is 53.6. The zero-order valence-corrected chi connectivity index (χ0v) is 50.1. The molecule has 6 heteroatoms. The molecule has 2 unspecified atom stereocenters. The van der Waals surface area contributed by atoms with Gasteiger partial charge in [0.05, 0.1) is 25.4 Å². The van der Waals surface area contributed by atoms with Gasteiger partial charge in [-0.25, -0.2) is 0 Å². The maximum atomic E-state index is 12.5. The second-order valence-electron chi connectivity index (χ2n) is 23.2. The summed E-state index contributed by atoms with van der Waals surface area (Å²) in [6, 6.07) is -0.539. The lowest BCUT2D eigenvalue weighted by atomic mass is 10.0. The van der Waals surface area contributed by atoms with E-state index in [1.54, 1.807) is 0 Å². The quantitative estimate of drug-likeness (QED) is 0.0320. The molecular formula is C68H131NO5. The van der Waals surface area contributed by atoms with Gasteiger partial charge in [0.1, 0.15) is 0 Å². The molecule has 0 aromatic carbocycles. The smallest absolute Gasteiger partial charge is 0.305 e. The van der Waals surface area contributed by atoms with E-state index in [0.29, 0.717) is 25.9 Å². The van der Waals surface area contributed by atoms with Gasteiger partial charge in [-0.1, -0.05) is 327 Å². The molecule has 0 aliphatic rings. The molecule has 0 saturated heterocycles. The number of nitrogens with one attached hydrogen (secondary N) is 1. The Labute approximate surface area is 462 Å². The highest BCUT2D eigenvalue weighted by atomic mass is 16.5. The molecule has 0 aromatic rings. The van der Waals surface area contributed by atoms with Gasteiger partial charge in [-0.15, -0.1) is 0 Å². The van der Waals surface area contributed by atoms with Gasteiger partial charge >= 0.3 is 5.97 Å². The van der Waals surface area contributed by atoms with Gasteiger partial charge in [0.25, 0.3) is 0 Å². The van der Waals surface area contributed by atoms with E-state index in [1.165, 1.54) is 289 Å². The van der Waals surface area contributed by atoms with Crippen molar-refractivity contribution in [3.63, 3.8) is 0 Å². The Balaban J connectivity index is 3.34. The van der Waals surface area contributed by atoms with Gasteiger partial charge in [0.2, 0.25) is 5.91 Å². The molecule has 2 atom stereocenters. The molecule has 1 amide bonds. The third-order valence-corrected chi connectivity index (χ3v) is 15.8. The van der Waals surface area contributed by atoms with Crippen molar-refractivity contribution >= 4 is 11.9 Å². The van der Waals surface area contributed by atoms with Crippen molar-refractivity contribution in [1.29, 1.82) is 0 Å². The predicted octanol–water partition coefficient (Wildman–Crippen LogP) is 21.4. The van der Waals surface area contributed by atoms with Crippen molar-refractivity contribution in [2.24, 2.45) is 0 Å². The van der Waals surface area contributed by atoms with Gasteiger partial charge in [-0.05, 0) is 57.8 Å². The monoisotopic (exact) mass is 1040 g/mol. The fourth-order valence-electron chi connectivity index (χ4n) is 10.6. The van der Waals surface area contributed by atoms with E-state index in [0.717, 1.165) is 51.4 Å². The van der Waals surface area contributed by atoms with Gasteiger partial charge in [0.15, 0.2) is 0 Å². The van der Waals surface area contributed by atoms with Gasteiger partial charge in [0, 0.05) is 12.8 Å². The lowest BCUT2D eigenvalue weighted by Gasteiger charge is -2.22. The fraction of sp³-hybridized carbons (Fsp3) is 0.912. The number of carbonyl (C=O) groups excluding carboxylic acids is 2. The van der Waals surface area contributed by atoms with Crippen molar-refractivity contribution in [1.82, 2.24) is 5.32 Å². The van der Waals surface area contributed by atoms with E-state index >= 15 is 0 Å². The van der Waals surface area contributed by atoms with Crippen LogP contribution in [0.3, 0.4) is 0 Å². The number of aliphatic hydroxyl groups excluding tert-OH is 2. The summed E-state index contributed by atoms with van der Waals surface area (Å²) in [6.45, 7) is 4.95. The second-order valence-corrected chi connectivity index (χ2v) is 23.2. The summed E-state index contributed by atoms with van der Waals surface area (Å²) in [7, 11) is 0. The van der Waals surface area contributed by atoms with Crippen LogP contribution in [0, 0.1) is 0 Å². The summed E-state index contributed by atoms with van der Waals surface area (Å²) in [5, 5.41) is 23.3. The first-order valence-corrected chi connectivity index (χ1v) is 33.6. The van der Waals surface area contributed by atoms with E-state index in [9.17, 15) is 19.8 Å². The Hall–Kier alpha value is -1.66. The predicted molar refractivity (Wildman–Crippen MR) is 324 cm³/mol. The summed E-state index contributed by atoms with van der Waals surface area (Å²) >= 11 is 0. The Morgan fingerprint density at radius 1 is 0.378 bits per heavy atom. The maximum Gasteiger partial charge on any atom is 0.305 e. The number of ether oxygens (including phenoxy) is 1. The van der Waals surface area contributed by atoms with Crippen LogP contribution in [0.15, 0.2) is 24.3 Å². The average Bonchev–Trinajstić information content (AvgIpc) is 3.40. The first kappa shape index (κ1) is 72.3. The number of unbranched alkanes of at least 4 members (excludes halogenated alkanes) is 48. The maximum absolute atomic E-state index is 12.5. The SMILES string of the molecule is CCCCC/C=C\C/C=C\CCCCCCCCCC(=O)OCCCCCCCCCCCCCCCCCCCCCCCCCCCCC(=O)NC(CO)C(O)CCCCCCCCCCCCCCCC. The topological polar surface area (TPSA) is 95.9 Å². The second kappa shape index (κ2) is 63.9. The first-order valence-electron chi connectivity index (χ1n) is 33.6. The number of rotatable bonds is 63. The molecule has 0 fully saturated rings. The number of allylic oxidation sites excluding steroid dienone is 4. The Morgan fingerprint density at radius 3 is 1.05 bits per heavy atom.